The van der Waals surface area contributed by atoms with Crippen molar-refractivity contribution in [3.8, 4) is 0 Å². The number of nitrogens with one attached hydrogen (secondary N) is 1. The predicted molar refractivity (Wildman–Crippen MR) is 90.3 cm³/mol. The minimum Gasteiger partial charge on any atom is -0.371 e. The molecule has 2 aromatic rings. The maximum atomic E-state index is 12.1. The number of para-hydroxylation sites is 1. The van der Waals surface area contributed by atoms with Gasteiger partial charge in [0.2, 0.25) is 0 Å². The number of rotatable bonds is 4. The third-order valence-corrected chi connectivity index (χ3v) is 4.27. The number of carbonyl (C=O) groups excluding carboxylic acids is 1. The van der Waals surface area contributed by atoms with E-state index in [1.807, 2.05) is 37.3 Å². The summed E-state index contributed by atoms with van der Waals surface area (Å²) in [5.74, 6) is 0.549. The van der Waals surface area contributed by atoms with Gasteiger partial charge in [-0.3, -0.25) is 4.79 Å². The second kappa shape index (κ2) is 6.65. The molecule has 1 aliphatic heterocycles. The maximum absolute atomic E-state index is 12.1. The molecule has 3 rings (SSSR count). The van der Waals surface area contributed by atoms with Crippen LogP contribution in [-0.4, -0.2) is 25.5 Å². The van der Waals surface area contributed by atoms with Gasteiger partial charge >= 0.3 is 0 Å². The molecule has 1 heterocycles. The largest absolute Gasteiger partial charge is 0.371 e. The first kappa shape index (κ1) is 14.6. The fraction of sp³-hybridized carbons (Fsp3) is 0.316. The molecular formula is C19H22N2O. The summed E-state index contributed by atoms with van der Waals surface area (Å²) < 4.78 is 0. The second-order valence-corrected chi connectivity index (χ2v) is 6.01. The van der Waals surface area contributed by atoms with Gasteiger partial charge in [-0.05, 0) is 43.5 Å². The van der Waals surface area contributed by atoms with Crippen molar-refractivity contribution in [3.05, 3.63) is 65.7 Å². The highest BCUT2D eigenvalue weighted by atomic mass is 16.1. The lowest BCUT2D eigenvalue weighted by Gasteiger charge is -2.18. The fourth-order valence-electron chi connectivity index (χ4n) is 2.92. The molecule has 0 bridgehead atoms. The molecule has 0 saturated carbocycles. The van der Waals surface area contributed by atoms with Crippen molar-refractivity contribution in [1.29, 1.82) is 0 Å². The van der Waals surface area contributed by atoms with Crippen molar-refractivity contribution < 1.29 is 4.79 Å². The zero-order valence-corrected chi connectivity index (χ0v) is 13.0. The van der Waals surface area contributed by atoms with Gasteiger partial charge in [0.05, 0.1) is 0 Å². The molecule has 0 radical (unpaired) electrons. The number of carbonyl (C=O) groups is 1. The van der Waals surface area contributed by atoms with E-state index in [-0.39, 0.29) is 5.91 Å². The molecule has 22 heavy (non-hydrogen) atoms. The Morgan fingerprint density at radius 1 is 1.14 bits per heavy atom. The van der Waals surface area contributed by atoms with E-state index < -0.39 is 0 Å². The van der Waals surface area contributed by atoms with Crippen LogP contribution >= 0.6 is 0 Å². The average Bonchev–Trinajstić information content (AvgIpc) is 3.03. The Balaban J connectivity index is 1.50. The Bertz CT molecular complexity index is 622. The zero-order chi connectivity index (χ0) is 15.4. The molecule has 3 nitrogen and oxygen atoms in total. The minimum atomic E-state index is 0.0261. The van der Waals surface area contributed by atoms with Crippen molar-refractivity contribution >= 4 is 11.6 Å². The Kier molecular flexibility index (Phi) is 4.42. The number of hydrogen-bond donors (Lipinski definition) is 1. The van der Waals surface area contributed by atoms with E-state index in [9.17, 15) is 4.79 Å². The standard InChI is InChI=1S/C19H22N2O/c1-15-7-9-17(10-8-15)19(22)20-13-16-11-12-21(14-16)18-5-3-2-4-6-18/h2-10,16H,11-14H2,1H3,(H,20,22). The molecule has 3 heteroatoms. The molecule has 0 aliphatic carbocycles. The number of anilines is 1. The van der Waals surface area contributed by atoms with Gasteiger partial charge < -0.3 is 10.2 Å². The normalized spacial score (nSPS) is 17.5. The van der Waals surface area contributed by atoms with Crippen LogP contribution in [0.15, 0.2) is 54.6 Å². The number of aryl methyl sites for hydroxylation is 1. The highest BCUT2D eigenvalue weighted by molar-refractivity contribution is 5.94. The van der Waals surface area contributed by atoms with Crippen LogP contribution in [0.4, 0.5) is 5.69 Å². The van der Waals surface area contributed by atoms with Crippen LogP contribution in [0, 0.1) is 12.8 Å². The minimum absolute atomic E-state index is 0.0261. The SMILES string of the molecule is Cc1ccc(C(=O)NCC2CCN(c3ccccc3)C2)cc1. The summed E-state index contributed by atoms with van der Waals surface area (Å²) in [4.78, 5) is 14.5. The third-order valence-electron chi connectivity index (χ3n) is 4.27. The number of nitrogens with zero attached hydrogens (tertiary/aromatic N) is 1. The van der Waals surface area contributed by atoms with Crippen LogP contribution in [0.25, 0.3) is 0 Å². The summed E-state index contributed by atoms with van der Waals surface area (Å²) in [6, 6.07) is 18.2. The number of benzene rings is 2. The fourth-order valence-corrected chi connectivity index (χ4v) is 2.92. The van der Waals surface area contributed by atoms with Crippen molar-refractivity contribution in [2.75, 3.05) is 24.5 Å². The van der Waals surface area contributed by atoms with Crippen molar-refractivity contribution in [2.24, 2.45) is 5.92 Å². The Morgan fingerprint density at radius 3 is 2.59 bits per heavy atom. The van der Waals surface area contributed by atoms with E-state index in [1.165, 1.54) is 11.3 Å². The van der Waals surface area contributed by atoms with Gasteiger partial charge in [-0.15, -0.1) is 0 Å². The predicted octanol–water partition coefficient (Wildman–Crippen LogP) is 3.25. The molecule has 0 spiro atoms. The summed E-state index contributed by atoms with van der Waals surface area (Å²) in [6.45, 7) is 4.85. The Labute approximate surface area is 132 Å². The first-order valence-corrected chi connectivity index (χ1v) is 7.87. The molecule has 1 saturated heterocycles. The topological polar surface area (TPSA) is 32.3 Å². The van der Waals surface area contributed by atoms with Gasteiger partial charge in [0.25, 0.3) is 5.91 Å². The van der Waals surface area contributed by atoms with Crippen molar-refractivity contribution in [3.63, 3.8) is 0 Å². The van der Waals surface area contributed by atoms with Gasteiger partial charge in [-0.2, -0.15) is 0 Å². The molecule has 2 aromatic carbocycles. The van der Waals surface area contributed by atoms with Crippen LogP contribution < -0.4 is 10.2 Å². The second-order valence-electron chi connectivity index (χ2n) is 6.01. The smallest absolute Gasteiger partial charge is 0.251 e. The molecule has 114 valence electrons. The quantitative estimate of drug-likeness (QED) is 0.939. The summed E-state index contributed by atoms with van der Waals surface area (Å²) >= 11 is 0. The molecule has 1 N–H and O–H groups in total. The average molecular weight is 294 g/mol. The monoisotopic (exact) mass is 294 g/mol. The highest BCUT2D eigenvalue weighted by Gasteiger charge is 2.23. The molecule has 1 unspecified atom stereocenters. The maximum Gasteiger partial charge on any atom is 0.251 e. The van der Waals surface area contributed by atoms with Crippen LogP contribution in [0.1, 0.15) is 22.3 Å². The van der Waals surface area contributed by atoms with Gasteiger partial charge in [-0.1, -0.05) is 35.9 Å². The van der Waals surface area contributed by atoms with E-state index >= 15 is 0 Å². The first-order chi connectivity index (χ1) is 10.7. The van der Waals surface area contributed by atoms with Crippen molar-refractivity contribution in [1.82, 2.24) is 5.32 Å². The molecular weight excluding hydrogens is 272 g/mol. The molecule has 0 aromatic heterocycles. The summed E-state index contributed by atoms with van der Waals surface area (Å²) in [7, 11) is 0. The molecule has 1 fully saturated rings. The first-order valence-electron chi connectivity index (χ1n) is 7.87. The van der Waals surface area contributed by atoms with E-state index in [1.54, 1.807) is 0 Å². The lowest BCUT2D eigenvalue weighted by molar-refractivity contribution is 0.0948. The van der Waals surface area contributed by atoms with E-state index in [4.69, 9.17) is 0 Å². The third kappa shape index (κ3) is 3.48. The van der Waals surface area contributed by atoms with Crippen LogP contribution in [0.5, 0.6) is 0 Å². The van der Waals surface area contributed by atoms with E-state index in [0.29, 0.717) is 5.92 Å². The van der Waals surface area contributed by atoms with Crippen LogP contribution in [0.2, 0.25) is 0 Å². The highest BCUT2D eigenvalue weighted by Crippen LogP contribution is 2.23. The van der Waals surface area contributed by atoms with Crippen LogP contribution in [0.3, 0.4) is 0 Å². The summed E-state index contributed by atoms with van der Waals surface area (Å²) in [6.07, 6.45) is 1.13. The van der Waals surface area contributed by atoms with Gasteiger partial charge in [0.15, 0.2) is 0 Å². The lowest BCUT2D eigenvalue weighted by Crippen LogP contribution is -2.31. The number of amides is 1. The lowest BCUT2D eigenvalue weighted by atomic mass is 10.1. The molecule has 1 atom stereocenters. The molecule has 1 aliphatic rings. The van der Waals surface area contributed by atoms with E-state index in [2.05, 4.69) is 34.5 Å². The molecule has 1 amide bonds. The van der Waals surface area contributed by atoms with Gasteiger partial charge in [0.1, 0.15) is 0 Å². The summed E-state index contributed by atoms with van der Waals surface area (Å²) in [5, 5.41) is 3.07. The van der Waals surface area contributed by atoms with Gasteiger partial charge in [0, 0.05) is 30.9 Å². The van der Waals surface area contributed by atoms with Crippen LogP contribution in [-0.2, 0) is 0 Å². The van der Waals surface area contributed by atoms with Crippen molar-refractivity contribution in [2.45, 2.75) is 13.3 Å². The number of hydrogen-bond acceptors (Lipinski definition) is 2. The van der Waals surface area contributed by atoms with Gasteiger partial charge in [-0.25, -0.2) is 0 Å². The Morgan fingerprint density at radius 2 is 1.86 bits per heavy atom. The Hall–Kier alpha value is -2.29. The van der Waals surface area contributed by atoms with E-state index in [0.717, 1.165) is 31.6 Å². The zero-order valence-electron chi connectivity index (χ0n) is 13.0. The summed E-state index contributed by atoms with van der Waals surface area (Å²) in [5.41, 5.74) is 3.18.